The van der Waals surface area contributed by atoms with E-state index >= 15 is 0 Å². The Morgan fingerprint density at radius 1 is 1.07 bits per heavy atom. The summed E-state index contributed by atoms with van der Waals surface area (Å²) in [5, 5.41) is 15.3. The maximum absolute atomic E-state index is 14.7. The van der Waals surface area contributed by atoms with E-state index in [1.54, 1.807) is 18.2 Å². The Morgan fingerprint density at radius 2 is 1.75 bits per heavy atom. The van der Waals surface area contributed by atoms with E-state index in [1.165, 1.54) is 32.0 Å². The number of rotatable bonds is 9. The number of nitriles is 1. The van der Waals surface area contributed by atoms with Gasteiger partial charge in [0.05, 0.1) is 12.1 Å². The summed E-state index contributed by atoms with van der Waals surface area (Å²) in [4.78, 5) is 30.2. The molecule has 1 saturated carbocycles. The van der Waals surface area contributed by atoms with Crippen LogP contribution < -0.4 is 10.6 Å². The van der Waals surface area contributed by atoms with Crippen molar-refractivity contribution in [1.82, 2.24) is 20.4 Å². The van der Waals surface area contributed by atoms with Gasteiger partial charge in [0.25, 0.3) is 5.91 Å². The van der Waals surface area contributed by atoms with E-state index in [-0.39, 0.29) is 17.1 Å². The van der Waals surface area contributed by atoms with Crippen LogP contribution in [0.3, 0.4) is 0 Å². The van der Waals surface area contributed by atoms with Crippen LogP contribution in [0.1, 0.15) is 67.9 Å². The molecule has 2 atom stereocenters. The minimum absolute atomic E-state index is 0.110. The number of piperidine rings is 1. The Balaban J connectivity index is 1.42. The molecule has 0 radical (unpaired) electrons. The molecule has 44 heavy (non-hydrogen) atoms. The van der Waals surface area contributed by atoms with Crippen molar-refractivity contribution in [3.05, 3.63) is 47.5 Å². The zero-order valence-corrected chi connectivity index (χ0v) is 25.2. The fourth-order valence-electron chi connectivity index (χ4n) is 5.88. The normalized spacial score (nSPS) is 18.8. The van der Waals surface area contributed by atoms with Gasteiger partial charge in [0.2, 0.25) is 5.91 Å². The molecule has 2 aromatic carbocycles. The summed E-state index contributed by atoms with van der Waals surface area (Å²) in [5.41, 5.74) is -2.25. The molecule has 3 aromatic rings. The van der Waals surface area contributed by atoms with Gasteiger partial charge in [-0.15, -0.1) is 0 Å². The number of likely N-dealkylation sites (tertiary alicyclic amines) is 1. The third-order valence-electron chi connectivity index (χ3n) is 8.59. The van der Waals surface area contributed by atoms with Crippen LogP contribution in [-0.2, 0) is 4.79 Å². The molecule has 1 aliphatic carbocycles. The Hall–Kier alpha value is -3.69. The van der Waals surface area contributed by atoms with E-state index in [4.69, 9.17) is 4.42 Å². The molecule has 1 aromatic heterocycles. The number of nitrogens with zero attached hydrogens (tertiary/aromatic N) is 3. The highest BCUT2D eigenvalue weighted by molar-refractivity contribution is 6.08. The molecule has 0 spiro atoms. The van der Waals surface area contributed by atoms with Gasteiger partial charge in [0.1, 0.15) is 28.4 Å². The molecule has 2 aliphatic rings. The second-order valence-electron chi connectivity index (χ2n) is 12.9. The molecule has 2 fully saturated rings. The van der Waals surface area contributed by atoms with Gasteiger partial charge < -0.3 is 19.5 Å². The van der Waals surface area contributed by atoms with Crippen LogP contribution in [0.15, 0.2) is 40.8 Å². The number of halogens is 4. The third-order valence-corrected chi connectivity index (χ3v) is 8.59. The molecule has 0 bridgehead atoms. The van der Waals surface area contributed by atoms with Crippen LogP contribution in [0.4, 0.5) is 17.6 Å². The lowest BCUT2D eigenvalue weighted by Gasteiger charge is -2.35. The Bertz CT molecular complexity index is 1590. The Kier molecular flexibility index (Phi) is 8.42. The van der Waals surface area contributed by atoms with E-state index in [0.29, 0.717) is 53.9 Å². The number of nitrogens with one attached hydrogen (secondary N) is 2. The number of furan rings is 1. The van der Waals surface area contributed by atoms with Crippen LogP contribution in [-0.4, -0.2) is 78.3 Å². The topological polar surface area (TPSA) is 102 Å². The van der Waals surface area contributed by atoms with Crippen LogP contribution in [0, 0.1) is 11.3 Å². The van der Waals surface area contributed by atoms with Crippen LogP contribution in [0.5, 0.6) is 0 Å². The van der Waals surface area contributed by atoms with Gasteiger partial charge in [-0.1, -0.05) is 12.1 Å². The number of amides is 2. The summed E-state index contributed by atoms with van der Waals surface area (Å²) < 4.78 is 63.9. The number of hydrogen-bond donors (Lipinski definition) is 2. The molecule has 236 valence electrons. The van der Waals surface area contributed by atoms with Crippen molar-refractivity contribution in [3.8, 4) is 6.07 Å². The zero-order valence-electron chi connectivity index (χ0n) is 25.2. The maximum atomic E-state index is 14.7. The first-order valence-electron chi connectivity index (χ1n) is 14.8. The van der Waals surface area contributed by atoms with Crippen molar-refractivity contribution in [2.45, 2.75) is 81.5 Å². The van der Waals surface area contributed by atoms with Gasteiger partial charge in [-0.3, -0.25) is 14.9 Å². The van der Waals surface area contributed by atoms with Crippen LogP contribution in [0.25, 0.3) is 21.9 Å². The standard InChI is InChI=1S/C32H37F4N5O3/c1-30(2,33)17-24(28(42)39-31(18-37)11-12-31)38-27(32(34,35)36)19-5-7-22-23-15-20(6-8-25(23)44-26(22)16-19)29(43)41-13-9-21(10-14-41)40(3)4/h5-8,15-16,21,24,27,38H,9-14,17H2,1-4H3,(H,39,42). The summed E-state index contributed by atoms with van der Waals surface area (Å²) in [6, 6.07) is 7.54. The third kappa shape index (κ3) is 6.84. The number of fused-ring (bicyclic) bond motifs is 3. The summed E-state index contributed by atoms with van der Waals surface area (Å²) in [6.07, 6.45) is -2.87. The number of carbonyl (C=O) groups is 2. The molecule has 1 saturated heterocycles. The van der Waals surface area contributed by atoms with Gasteiger partial charge >= 0.3 is 6.18 Å². The van der Waals surface area contributed by atoms with E-state index in [2.05, 4.69) is 15.5 Å². The van der Waals surface area contributed by atoms with Gasteiger partial charge in [-0.05, 0) is 83.5 Å². The molecule has 2 amide bonds. The monoisotopic (exact) mass is 615 g/mol. The van der Waals surface area contributed by atoms with Crippen molar-refractivity contribution in [1.29, 1.82) is 5.26 Å². The van der Waals surface area contributed by atoms with E-state index in [0.717, 1.165) is 12.8 Å². The fraction of sp³-hybridized carbons (Fsp3) is 0.531. The number of hydrogen-bond acceptors (Lipinski definition) is 6. The minimum Gasteiger partial charge on any atom is -0.456 e. The van der Waals surface area contributed by atoms with Crippen molar-refractivity contribution < 1.29 is 31.6 Å². The Morgan fingerprint density at radius 3 is 2.32 bits per heavy atom. The van der Waals surface area contributed by atoms with Gasteiger partial charge in [0, 0.05) is 41.9 Å². The molecule has 12 heteroatoms. The van der Waals surface area contributed by atoms with Crippen molar-refractivity contribution in [3.63, 3.8) is 0 Å². The molecule has 1 aliphatic heterocycles. The largest absolute Gasteiger partial charge is 0.456 e. The average Bonchev–Trinajstić information content (AvgIpc) is 3.64. The second kappa shape index (κ2) is 11.7. The first-order valence-corrected chi connectivity index (χ1v) is 14.8. The smallest absolute Gasteiger partial charge is 0.407 e. The lowest BCUT2D eigenvalue weighted by Crippen LogP contribution is -2.53. The predicted octanol–water partition coefficient (Wildman–Crippen LogP) is 5.62. The van der Waals surface area contributed by atoms with Gasteiger partial charge in [0.15, 0.2) is 0 Å². The molecule has 2 N–H and O–H groups in total. The maximum Gasteiger partial charge on any atom is 0.407 e. The van der Waals surface area contributed by atoms with Crippen molar-refractivity contribution >= 4 is 33.8 Å². The van der Waals surface area contributed by atoms with Crippen molar-refractivity contribution in [2.24, 2.45) is 0 Å². The van der Waals surface area contributed by atoms with Gasteiger partial charge in [-0.2, -0.15) is 18.4 Å². The highest BCUT2D eigenvalue weighted by atomic mass is 19.4. The van der Waals surface area contributed by atoms with E-state index < -0.39 is 41.8 Å². The highest BCUT2D eigenvalue weighted by Crippen LogP contribution is 2.39. The first kappa shape index (κ1) is 31.7. The van der Waals surface area contributed by atoms with Crippen LogP contribution in [0.2, 0.25) is 0 Å². The highest BCUT2D eigenvalue weighted by Gasteiger charge is 2.48. The summed E-state index contributed by atoms with van der Waals surface area (Å²) in [7, 11) is 4.05. The quantitative estimate of drug-likeness (QED) is 0.303. The van der Waals surface area contributed by atoms with Crippen LogP contribution >= 0.6 is 0 Å². The summed E-state index contributed by atoms with van der Waals surface area (Å²) in [5.74, 6) is -0.974. The molecule has 5 rings (SSSR count). The second-order valence-corrected chi connectivity index (χ2v) is 12.9. The predicted molar refractivity (Wildman–Crippen MR) is 158 cm³/mol. The summed E-state index contributed by atoms with van der Waals surface area (Å²) >= 11 is 0. The summed E-state index contributed by atoms with van der Waals surface area (Å²) in [6.45, 7) is 3.63. The van der Waals surface area contributed by atoms with Gasteiger partial charge in [-0.25, -0.2) is 4.39 Å². The minimum atomic E-state index is -4.84. The lowest BCUT2D eigenvalue weighted by molar-refractivity contribution is -0.161. The SMILES string of the molecule is CN(C)C1CCN(C(=O)c2ccc3oc4cc(C(NC(CC(C)(C)F)C(=O)NC5(C#N)CC5)C(F)(F)F)ccc4c3c2)CC1. The number of alkyl halides is 4. The molecular weight excluding hydrogens is 578 g/mol. The molecule has 2 unspecified atom stereocenters. The number of benzene rings is 2. The molecular formula is C32H37F4N5O3. The molecule has 2 heterocycles. The average molecular weight is 616 g/mol. The fourth-order valence-corrected chi connectivity index (χ4v) is 5.88. The molecule has 8 nitrogen and oxygen atoms in total. The zero-order chi connectivity index (χ0) is 32.0. The number of carbonyl (C=O) groups excluding carboxylic acids is 2. The Labute approximate surface area is 253 Å². The first-order chi connectivity index (χ1) is 20.6. The lowest BCUT2D eigenvalue weighted by atomic mass is 9.96. The van der Waals surface area contributed by atoms with Crippen molar-refractivity contribution in [2.75, 3.05) is 27.2 Å². The van der Waals surface area contributed by atoms with E-state index in [9.17, 15) is 32.4 Å². The van der Waals surface area contributed by atoms with E-state index in [1.807, 2.05) is 25.1 Å².